The van der Waals surface area contributed by atoms with E-state index in [4.69, 9.17) is 0 Å². The van der Waals surface area contributed by atoms with Crippen molar-refractivity contribution < 1.29 is 13.2 Å². The van der Waals surface area contributed by atoms with Gasteiger partial charge >= 0.3 is 6.18 Å². The number of hydrogen-bond acceptors (Lipinski definition) is 5. The Morgan fingerprint density at radius 2 is 1.96 bits per heavy atom. The summed E-state index contributed by atoms with van der Waals surface area (Å²) in [6.45, 7) is 5.94. The summed E-state index contributed by atoms with van der Waals surface area (Å²) in [5.74, 6) is -0.0952. The fourth-order valence-corrected chi connectivity index (χ4v) is 3.04. The maximum absolute atomic E-state index is 13.4. The molecule has 1 aliphatic rings. The third kappa shape index (κ3) is 3.48. The Morgan fingerprint density at radius 3 is 2.61 bits per heavy atom. The Morgan fingerprint density at radius 1 is 1.21 bits per heavy atom. The first-order chi connectivity index (χ1) is 13.2. The second kappa shape index (κ2) is 6.35. The van der Waals surface area contributed by atoms with Crippen molar-refractivity contribution in [3.63, 3.8) is 0 Å². The fraction of sp³-hybridized carbons (Fsp3) is 0.421. The Balaban J connectivity index is 1.73. The third-order valence-corrected chi connectivity index (χ3v) is 4.91. The zero-order valence-corrected chi connectivity index (χ0v) is 15.8. The number of halogens is 3. The van der Waals surface area contributed by atoms with Crippen LogP contribution in [0.4, 0.5) is 30.6 Å². The van der Waals surface area contributed by atoms with Gasteiger partial charge in [0.15, 0.2) is 0 Å². The molecule has 9 heteroatoms. The van der Waals surface area contributed by atoms with Crippen LogP contribution in [-0.2, 0) is 6.18 Å². The zero-order valence-electron chi connectivity index (χ0n) is 15.8. The smallest absolute Gasteiger partial charge is 0.364 e. The molecule has 3 heterocycles. The molecule has 1 aliphatic carbocycles. The number of anilines is 3. The molecule has 0 amide bonds. The largest absolute Gasteiger partial charge is 0.421 e. The van der Waals surface area contributed by atoms with Crippen molar-refractivity contribution in [1.82, 2.24) is 19.5 Å². The Labute approximate surface area is 160 Å². The van der Waals surface area contributed by atoms with E-state index in [1.54, 1.807) is 6.20 Å². The van der Waals surface area contributed by atoms with Crippen LogP contribution in [0.2, 0.25) is 0 Å². The van der Waals surface area contributed by atoms with Crippen LogP contribution in [0.1, 0.15) is 45.2 Å². The van der Waals surface area contributed by atoms with Gasteiger partial charge in [0, 0.05) is 35.6 Å². The number of alkyl halides is 3. The average Bonchev–Trinajstić information content (AvgIpc) is 3.22. The molecule has 2 N–H and O–H groups in total. The topological polar surface area (TPSA) is 67.7 Å². The number of hydrogen-bond donors (Lipinski definition) is 2. The first-order valence-electron chi connectivity index (χ1n) is 9.11. The molecule has 0 unspecified atom stereocenters. The van der Waals surface area contributed by atoms with E-state index in [0.29, 0.717) is 5.69 Å². The molecular weight excluding hydrogens is 369 g/mol. The predicted molar refractivity (Wildman–Crippen MR) is 102 cm³/mol. The number of fused-ring (bicyclic) bond motifs is 1. The Bertz CT molecular complexity index is 1020. The molecular formula is C19H21F3N6. The summed E-state index contributed by atoms with van der Waals surface area (Å²) in [7, 11) is 0. The van der Waals surface area contributed by atoms with Crippen LogP contribution in [0.15, 0.2) is 30.7 Å². The minimum atomic E-state index is -4.52. The summed E-state index contributed by atoms with van der Waals surface area (Å²) in [6.07, 6.45) is 1.50. The van der Waals surface area contributed by atoms with Gasteiger partial charge in [-0.25, -0.2) is 9.97 Å². The van der Waals surface area contributed by atoms with Crippen molar-refractivity contribution in [2.75, 3.05) is 10.6 Å². The molecule has 0 bridgehead atoms. The van der Waals surface area contributed by atoms with E-state index in [1.165, 1.54) is 0 Å². The van der Waals surface area contributed by atoms with Crippen LogP contribution < -0.4 is 10.6 Å². The molecule has 1 saturated carbocycles. The Kier molecular flexibility index (Phi) is 4.20. The molecule has 0 atom stereocenters. The van der Waals surface area contributed by atoms with Crippen molar-refractivity contribution in [3.8, 4) is 0 Å². The van der Waals surface area contributed by atoms with Crippen molar-refractivity contribution in [1.29, 1.82) is 0 Å². The van der Waals surface area contributed by atoms with E-state index >= 15 is 0 Å². The van der Waals surface area contributed by atoms with Gasteiger partial charge in [0.05, 0.1) is 5.69 Å². The van der Waals surface area contributed by atoms with Gasteiger partial charge in [0.1, 0.15) is 17.0 Å². The number of pyridine rings is 1. The summed E-state index contributed by atoms with van der Waals surface area (Å²) in [5.41, 5.74) is 0.275. The van der Waals surface area contributed by atoms with E-state index in [1.807, 2.05) is 43.7 Å². The molecule has 0 spiro atoms. The third-order valence-electron chi connectivity index (χ3n) is 4.91. The highest BCUT2D eigenvalue weighted by atomic mass is 19.4. The maximum atomic E-state index is 13.4. The van der Waals surface area contributed by atoms with Gasteiger partial charge in [-0.3, -0.25) is 0 Å². The van der Waals surface area contributed by atoms with E-state index < -0.39 is 11.7 Å². The SMILES string of the molecule is CC(C)n1cc(Nc2ncc(C(F)(F)F)c(NC3(C)CC3)n2)c2cccnc21. The number of nitrogens with one attached hydrogen (secondary N) is 2. The van der Waals surface area contributed by atoms with Crippen molar-refractivity contribution >= 4 is 28.5 Å². The Hall–Kier alpha value is -2.84. The lowest BCUT2D eigenvalue weighted by molar-refractivity contribution is -0.137. The molecule has 6 nitrogen and oxygen atoms in total. The normalized spacial score (nSPS) is 15.8. The van der Waals surface area contributed by atoms with Gasteiger partial charge in [-0.15, -0.1) is 0 Å². The van der Waals surface area contributed by atoms with Crippen molar-refractivity contribution in [3.05, 3.63) is 36.3 Å². The van der Waals surface area contributed by atoms with Crippen LogP contribution in [0.3, 0.4) is 0 Å². The quantitative estimate of drug-likeness (QED) is 0.632. The van der Waals surface area contributed by atoms with Crippen LogP contribution >= 0.6 is 0 Å². The molecule has 1 fully saturated rings. The predicted octanol–water partition coefficient (Wildman–Crippen LogP) is 5.13. The molecule has 0 radical (unpaired) electrons. The van der Waals surface area contributed by atoms with Crippen LogP contribution in [-0.4, -0.2) is 25.1 Å². The molecule has 3 aromatic heterocycles. The van der Waals surface area contributed by atoms with Crippen LogP contribution in [0, 0.1) is 0 Å². The number of nitrogens with zero attached hydrogens (tertiary/aromatic N) is 4. The lowest BCUT2D eigenvalue weighted by Gasteiger charge is -2.18. The molecule has 3 aromatic rings. The van der Waals surface area contributed by atoms with Gasteiger partial charge in [-0.2, -0.15) is 18.2 Å². The van der Waals surface area contributed by atoms with Crippen molar-refractivity contribution in [2.24, 2.45) is 0 Å². The van der Waals surface area contributed by atoms with E-state index in [0.717, 1.165) is 30.1 Å². The highest BCUT2D eigenvalue weighted by Gasteiger charge is 2.42. The molecule has 0 saturated heterocycles. The van der Waals surface area contributed by atoms with Gasteiger partial charge < -0.3 is 15.2 Å². The van der Waals surface area contributed by atoms with Gasteiger partial charge in [0.2, 0.25) is 5.95 Å². The van der Waals surface area contributed by atoms with Gasteiger partial charge in [-0.05, 0) is 45.7 Å². The minimum Gasteiger partial charge on any atom is -0.364 e. The lowest BCUT2D eigenvalue weighted by atomic mass is 10.2. The first-order valence-corrected chi connectivity index (χ1v) is 9.11. The summed E-state index contributed by atoms with van der Waals surface area (Å²) in [5, 5.41) is 6.83. The molecule has 0 aromatic carbocycles. The average molecular weight is 390 g/mol. The fourth-order valence-electron chi connectivity index (χ4n) is 3.04. The second-order valence-electron chi connectivity index (χ2n) is 7.68. The van der Waals surface area contributed by atoms with E-state index in [9.17, 15) is 13.2 Å². The van der Waals surface area contributed by atoms with E-state index in [2.05, 4.69) is 25.6 Å². The first kappa shape index (κ1) is 18.5. The van der Waals surface area contributed by atoms with Gasteiger partial charge in [0.25, 0.3) is 0 Å². The zero-order chi connectivity index (χ0) is 20.1. The monoisotopic (exact) mass is 390 g/mol. The van der Waals surface area contributed by atoms with Crippen LogP contribution in [0.5, 0.6) is 0 Å². The summed E-state index contributed by atoms with van der Waals surface area (Å²) in [4.78, 5) is 12.4. The minimum absolute atomic E-state index is 0.103. The highest BCUT2D eigenvalue weighted by molar-refractivity contribution is 5.92. The lowest BCUT2D eigenvalue weighted by Crippen LogP contribution is -2.21. The second-order valence-corrected chi connectivity index (χ2v) is 7.68. The number of rotatable bonds is 5. The molecule has 4 rings (SSSR count). The van der Waals surface area contributed by atoms with Gasteiger partial charge in [-0.1, -0.05) is 0 Å². The van der Waals surface area contributed by atoms with Crippen LogP contribution in [0.25, 0.3) is 11.0 Å². The van der Waals surface area contributed by atoms with Crippen molar-refractivity contribution in [2.45, 2.75) is 51.4 Å². The van der Waals surface area contributed by atoms with E-state index in [-0.39, 0.29) is 23.3 Å². The molecule has 28 heavy (non-hydrogen) atoms. The standard InChI is InChI=1S/C19H21F3N6/c1-11(2)28-10-14(12-5-4-8-23-16(12)28)25-17-24-9-13(19(20,21)22)15(26-17)27-18(3)6-7-18/h4-5,8-11H,6-7H2,1-3H3,(H2,24,25,26,27). The molecule has 148 valence electrons. The highest BCUT2D eigenvalue weighted by Crippen LogP contribution is 2.42. The summed E-state index contributed by atoms with van der Waals surface area (Å²) < 4.78 is 42.0. The molecule has 0 aliphatic heterocycles. The summed E-state index contributed by atoms with van der Waals surface area (Å²) in [6, 6.07) is 3.89. The maximum Gasteiger partial charge on any atom is 0.421 e. The number of aromatic nitrogens is 4. The summed E-state index contributed by atoms with van der Waals surface area (Å²) >= 11 is 0.